The molecule has 8 nitrogen and oxygen atoms in total. The van der Waals surface area contributed by atoms with Gasteiger partial charge in [-0.05, 0) is 11.4 Å². The second-order valence-corrected chi connectivity index (χ2v) is 5.77. The molecule has 3 aromatic rings. The van der Waals surface area contributed by atoms with E-state index in [1.54, 1.807) is 7.05 Å². The van der Waals surface area contributed by atoms with Crippen molar-refractivity contribution in [2.75, 3.05) is 5.43 Å². The van der Waals surface area contributed by atoms with E-state index in [0.29, 0.717) is 22.6 Å². The normalized spacial score (nSPS) is 11.1. The van der Waals surface area contributed by atoms with Crippen molar-refractivity contribution in [2.24, 2.45) is 12.9 Å². The van der Waals surface area contributed by atoms with Crippen molar-refractivity contribution < 1.29 is 0 Å². The molecule has 3 rings (SSSR count). The van der Waals surface area contributed by atoms with Crippen LogP contribution in [0.3, 0.4) is 0 Å². The molecule has 0 aliphatic heterocycles. The van der Waals surface area contributed by atoms with E-state index in [0.717, 1.165) is 10.2 Å². The molecule has 0 radical (unpaired) electrons. The minimum Gasteiger partial charge on any atom is -0.308 e. The Morgan fingerprint density at radius 2 is 2.40 bits per heavy atom. The topological polar surface area (TPSA) is 115 Å². The van der Waals surface area contributed by atoms with Crippen LogP contribution in [0.25, 0.3) is 10.2 Å². The number of hydrogen-bond donors (Lipinski definition) is 3. The van der Waals surface area contributed by atoms with Gasteiger partial charge in [-0.25, -0.2) is 25.7 Å². The van der Waals surface area contributed by atoms with Crippen molar-refractivity contribution in [2.45, 2.75) is 10.9 Å². The van der Waals surface area contributed by atoms with Crippen molar-refractivity contribution in [3.05, 3.63) is 27.8 Å². The van der Waals surface area contributed by atoms with Crippen molar-refractivity contribution in [1.82, 2.24) is 24.7 Å². The summed E-state index contributed by atoms with van der Waals surface area (Å²) in [5.41, 5.74) is 2.34. The molecule has 0 amide bonds. The fourth-order valence-electron chi connectivity index (χ4n) is 1.66. The fraction of sp³-hybridized carbons (Fsp3) is 0.200. The number of hydrazine groups is 1. The van der Waals surface area contributed by atoms with E-state index >= 15 is 0 Å². The first-order chi connectivity index (χ1) is 9.69. The third kappa shape index (κ3) is 2.28. The number of nitrogens with two attached hydrogens (primary N) is 1. The van der Waals surface area contributed by atoms with Crippen LogP contribution in [0.15, 0.2) is 21.4 Å². The molecule has 0 bridgehead atoms. The van der Waals surface area contributed by atoms with E-state index in [2.05, 4.69) is 25.6 Å². The van der Waals surface area contributed by atoms with E-state index in [1.807, 2.05) is 11.4 Å². The average molecular weight is 309 g/mol. The Hall–Kier alpha value is -1.91. The summed E-state index contributed by atoms with van der Waals surface area (Å²) < 4.78 is 1.44. The molecule has 0 saturated heterocycles. The van der Waals surface area contributed by atoms with Crippen LogP contribution in [0.4, 0.5) is 5.82 Å². The number of fused-ring (bicyclic) bond motifs is 1. The van der Waals surface area contributed by atoms with E-state index in [4.69, 9.17) is 5.84 Å². The van der Waals surface area contributed by atoms with Crippen molar-refractivity contribution in [1.29, 1.82) is 0 Å². The molecule has 10 heteroatoms. The highest BCUT2D eigenvalue weighted by Gasteiger charge is 2.10. The number of aromatic amines is 1. The van der Waals surface area contributed by atoms with Gasteiger partial charge in [0.25, 0.3) is 0 Å². The number of nitrogens with one attached hydrogen (secondary N) is 2. The molecule has 104 valence electrons. The lowest BCUT2D eigenvalue weighted by Crippen LogP contribution is -2.13. The lowest BCUT2D eigenvalue weighted by Gasteiger charge is -2.04. The number of thiophene rings is 1. The number of hydrogen-bond acceptors (Lipinski definition) is 8. The molecule has 0 spiro atoms. The van der Waals surface area contributed by atoms with Gasteiger partial charge in [-0.3, -0.25) is 4.57 Å². The van der Waals surface area contributed by atoms with Crippen LogP contribution < -0.4 is 17.0 Å². The first-order valence-corrected chi connectivity index (χ1v) is 7.50. The second kappa shape index (κ2) is 5.23. The Morgan fingerprint density at radius 1 is 1.55 bits per heavy atom. The smallest absolute Gasteiger partial charge is 0.308 e. The Bertz CT molecular complexity index is 805. The number of rotatable bonds is 4. The summed E-state index contributed by atoms with van der Waals surface area (Å²) in [6, 6.07) is 1.92. The first-order valence-electron chi connectivity index (χ1n) is 5.64. The van der Waals surface area contributed by atoms with Gasteiger partial charge in [0.2, 0.25) is 0 Å². The zero-order chi connectivity index (χ0) is 14.1. The largest absolute Gasteiger partial charge is 0.343 e. The summed E-state index contributed by atoms with van der Waals surface area (Å²) in [6.45, 7) is 0. The highest BCUT2D eigenvalue weighted by molar-refractivity contribution is 7.98. The predicted molar refractivity (Wildman–Crippen MR) is 78.6 cm³/mol. The lowest BCUT2D eigenvalue weighted by molar-refractivity contribution is 0.765. The lowest BCUT2D eigenvalue weighted by atomic mass is 10.4. The summed E-state index contributed by atoms with van der Waals surface area (Å²) in [7, 11) is 1.66. The maximum Gasteiger partial charge on any atom is 0.343 e. The number of anilines is 1. The third-order valence-corrected chi connectivity index (χ3v) is 4.51. The van der Waals surface area contributed by atoms with E-state index in [9.17, 15) is 4.79 Å². The first kappa shape index (κ1) is 13.1. The summed E-state index contributed by atoms with van der Waals surface area (Å²) >= 11 is 2.91. The molecule has 0 unspecified atom stereocenters. The van der Waals surface area contributed by atoms with Crippen LogP contribution in [0, 0.1) is 0 Å². The van der Waals surface area contributed by atoms with Gasteiger partial charge in [0.1, 0.15) is 10.7 Å². The number of aromatic nitrogens is 5. The highest BCUT2D eigenvalue weighted by atomic mass is 32.2. The Morgan fingerprint density at radius 3 is 3.10 bits per heavy atom. The van der Waals surface area contributed by atoms with Gasteiger partial charge in [0.15, 0.2) is 11.0 Å². The number of nitrogens with zero attached hydrogens (tertiary/aromatic N) is 4. The number of H-pyrrole nitrogens is 1. The van der Waals surface area contributed by atoms with E-state index in [-0.39, 0.29) is 5.69 Å². The molecule has 0 aliphatic carbocycles. The Kier molecular flexibility index (Phi) is 3.42. The fourth-order valence-corrected chi connectivity index (χ4v) is 3.22. The van der Waals surface area contributed by atoms with Crippen LogP contribution in [-0.4, -0.2) is 24.7 Å². The zero-order valence-corrected chi connectivity index (χ0v) is 12.1. The van der Waals surface area contributed by atoms with Crippen molar-refractivity contribution in [3.8, 4) is 0 Å². The molecule has 0 aromatic carbocycles. The van der Waals surface area contributed by atoms with E-state index in [1.165, 1.54) is 27.7 Å². The van der Waals surface area contributed by atoms with Crippen LogP contribution in [0.5, 0.6) is 0 Å². The molecule has 4 N–H and O–H groups in total. The molecule has 0 atom stereocenters. The maximum absolute atomic E-state index is 11.3. The minimum absolute atomic E-state index is 0.244. The van der Waals surface area contributed by atoms with Gasteiger partial charge in [-0.2, -0.15) is 0 Å². The summed E-state index contributed by atoms with van der Waals surface area (Å²) in [4.78, 5) is 21.0. The number of thioether (sulfide) groups is 1. The van der Waals surface area contributed by atoms with Gasteiger partial charge >= 0.3 is 5.69 Å². The number of nitrogen functional groups attached to an aromatic ring is 1. The summed E-state index contributed by atoms with van der Waals surface area (Å²) in [5.74, 6) is 7.21. The standard InChI is InChI=1S/C10H11N7OS2/c1-17-9(18)15-16-10(17)20-4-6-12-7(14-11)5-2-3-19-8(5)13-6/h2-3H,4,11H2,1H3,(H,15,18)(H,12,13,14). The average Bonchev–Trinajstić information content (AvgIpc) is 3.04. The zero-order valence-electron chi connectivity index (χ0n) is 10.5. The monoisotopic (exact) mass is 309 g/mol. The minimum atomic E-state index is -0.244. The summed E-state index contributed by atoms with van der Waals surface area (Å²) in [6.07, 6.45) is 0. The molecule has 3 heterocycles. The van der Waals surface area contributed by atoms with E-state index < -0.39 is 0 Å². The van der Waals surface area contributed by atoms with Gasteiger partial charge in [0, 0.05) is 7.05 Å². The molecule has 0 saturated carbocycles. The SMILES string of the molecule is Cn1c(SCc2nc(NN)c3ccsc3n2)n[nH]c1=O. The van der Waals surface area contributed by atoms with Gasteiger partial charge in [0.05, 0.1) is 11.1 Å². The molecule has 0 aliphatic rings. The predicted octanol–water partition coefficient (Wildman–Crippen LogP) is 0.691. The highest BCUT2D eigenvalue weighted by Crippen LogP contribution is 2.26. The van der Waals surface area contributed by atoms with Crippen molar-refractivity contribution >= 4 is 39.1 Å². The summed E-state index contributed by atoms with van der Waals surface area (Å²) in [5, 5.41) is 9.74. The molecule has 20 heavy (non-hydrogen) atoms. The maximum atomic E-state index is 11.3. The third-order valence-electron chi connectivity index (χ3n) is 2.68. The molecule has 0 fully saturated rings. The molecular formula is C10H11N7OS2. The van der Waals surface area contributed by atoms with Gasteiger partial charge in [-0.15, -0.1) is 16.4 Å². The molecular weight excluding hydrogens is 298 g/mol. The second-order valence-electron chi connectivity index (χ2n) is 3.93. The Balaban J connectivity index is 1.87. The van der Waals surface area contributed by atoms with Crippen LogP contribution >= 0.6 is 23.1 Å². The van der Waals surface area contributed by atoms with Gasteiger partial charge in [-0.1, -0.05) is 11.8 Å². The van der Waals surface area contributed by atoms with Crippen LogP contribution in [-0.2, 0) is 12.8 Å². The Labute approximate surface area is 121 Å². The quantitative estimate of drug-likeness (QED) is 0.369. The van der Waals surface area contributed by atoms with Crippen LogP contribution in [0.2, 0.25) is 0 Å². The van der Waals surface area contributed by atoms with Crippen molar-refractivity contribution in [3.63, 3.8) is 0 Å². The molecule has 3 aromatic heterocycles. The van der Waals surface area contributed by atoms with Gasteiger partial charge < -0.3 is 5.43 Å². The van der Waals surface area contributed by atoms with Crippen LogP contribution in [0.1, 0.15) is 5.82 Å².